The molecule has 0 radical (unpaired) electrons. The van der Waals surface area contributed by atoms with Crippen molar-refractivity contribution in [3.63, 3.8) is 0 Å². The first-order chi connectivity index (χ1) is 13.7. The van der Waals surface area contributed by atoms with Crippen LogP contribution in [0.5, 0.6) is 17.2 Å². The highest BCUT2D eigenvalue weighted by molar-refractivity contribution is 5.96. The van der Waals surface area contributed by atoms with Gasteiger partial charge in [-0.1, -0.05) is 5.16 Å². The lowest BCUT2D eigenvalue weighted by atomic mass is 10.1. The second-order valence-electron chi connectivity index (χ2n) is 6.63. The Bertz CT molecular complexity index is 1030. The number of fused-ring (bicyclic) bond motifs is 1. The molecule has 142 valence electrons. The fourth-order valence-corrected chi connectivity index (χ4v) is 3.43. The maximum Gasteiger partial charge on any atom is 0.232 e. The number of anilines is 1. The van der Waals surface area contributed by atoms with Crippen molar-refractivity contribution >= 4 is 11.6 Å². The van der Waals surface area contributed by atoms with Gasteiger partial charge in [0.2, 0.25) is 24.4 Å². The minimum atomic E-state index is -0.155. The molecule has 8 heteroatoms. The van der Waals surface area contributed by atoms with E-state index in [1.807, 2.05) is 42.5 Å². The van der Waals surface area contributed by atoms with Crippen LogP contribution in [0.2, 0.25) is 0 Å². The zero-order valence-electron chi connectivity index (χ0n) is 15.1. The van der Waals surface area contributed by atoms with Crippen molar-refractivity contribution < 1.29 is 23.5 Å². The van der Waals surface area contributed by atoms with Gasteiger partial charge in [-0.2, -0.15) is 4.98 Å². The topological polar surface area (TPSA) is 86.9 Å². The number of aromatic nitrogens is 2. The minimum absolute atomic E-state index is 0.00747. The maximum atomic E-state index is 12.6. The monoisotopic (exact) mass is 379 g/mol. The summed E-state index contributed by atoms with van der Waals surface area (Å²) in [6.07, 6.45) is 0.318. The third-order valence-electron chi connectivity index (χ3n) is 4.93. The molecule has 3 heterocycles. The predicted octanol–water partition coefficient (Wildman–Crippen LogP) is 2.99. The van der Waals surface area contributed by atoms with Crippen LogP contribution in [0, 0.1) is 0 Å². The summed E-state index contributed by atoms with van der Waals surface area (Å²) in [6.45, 7) is 0.675. The van der Waals surface area contributed by atoms with Crippen LogP contribution >= 0.6 is 0 Å². The van der Waals surface area contributed by atoms with Crippen molar-refractivity contribution in [1.29, 1.82) is 0 Å². The molecule has 8 nitrogen and oxygen atoms in total. The molecule has 1 amide bonds. The van der Waals surface area contributed by atoms with Crippen molar-refractivity contribution in [2.75, 3.05) is 25.3 Å². The van der Waals surface area contributed by atoms with Crippen LogP contribution in [0.25, 0.3) is 11.4 Å². The van der Waals surface area contributed by atoms with E-state index in [2.05, 4.69) is 10.1 Å². The number of rotatable bonds is 4. The largest absolute Gasteiger partial charge is 0.497 e. The molecular formula is C20H17N3O5. The predicted molar refractivity (Wildman–Crippen MR) is 98.6 cm³/mol. The molecule has 0 spiro atoms. The number of ether oxygens (including phenoxy) is 3. The third kappa shape index (κ3) is 2.83. The van der Waals surface area contributed by atoms with Crippen LogP contribution in [0.4, 0.5) is 5.69 Å². The van der Waals surface area contributed by atoms with E-state index >= 15 is 0 Å². The van der Waals surface area contributed by atoms with Crippen molar-refractivity contribution in [2.24, 2.45) is 0 Å². The molecule has 2 aliphatic heterocycles. The Hall–Kier alpha value is -3.55. The van der Waals surface area contributed by atoms with E-state index in [-0.39, 0.29) is 18.6 Å². The molecule has 5 rings (SSSR count). The second kappa shape index (κ2) is 6.56. The number of methoxy groups -OCH3 is 1. The molecule has 3 aromatic rings. The van der Waals surface area contributed by atoms with Crippen molar-refractivity contribution in [1.82, 2.24) is 10.1 Å². The smallest absolute Gasteiger partial charge is 0.232 e. The maximum absolute atomic E-state index is 12.6. The zero-order valence-corrected chi connectivity index (χ0v) is 15.1. The zero-order chi connectivity index (χ0) is 19.1. The van der Waals surface area contributed by atoms with E-state index in [4.69, 9.17) is 18.7 Å². The lowest BCUT2D eigenvalue weighted by Gasteiger charge is -2.16. The standard InChI is InChI=1S/C20H17N3O5/c1-25-15-5-2-12(3-6-15)19-21-20(28-22-19)13-8-18(24)23(10-13)14-4-7-16-17(9-14)27-11-26-16/h2-7,9,13H,8,10-11H2,1H3/t13-/m1/s1. The summed E-state index contributed by atoms with van der Waals surface area (Å²) in [5.74, 6) is 2.90. The van der Waals surface area contributed by atoms with Crippen LogP contribution in [0.3, 0.4) is 0 Å². The highest BCUT2D eigenvalue weighted by Crippen LogP contribution is 2.38. The summed E-state index contributed by atoms with van der Waals surface area (Å²) in [5.41, 5.74) is 1.60. The molecule has 2 aromatic carbocycles. The van der Waals surface area contributed by atoms with Crippen molar-refractivity contribution in [2.45, 2.75) is 12.3 Å². The van der Waals surface area contributed by atoms with Crippen LogP contribution < -0.4 is 19.1 Å². The quantitative estimate of drug-likeness (QED) is 0.689. The molecule has 0 bridgehead atoms. The van der Waals surface area contributed by atoms with Gasteiger partial charge >= 0.3 is 0 Å². The molecule has 2 aliphatic rings. The number of amides is 1. The van der Waals surface area contributed by atoms with Crippen molar-refractivity contribution in [3.8, 4) is 28.6 Å². The number of carbonyl (C=O) groups excluding carboxylic acids is 1. The summed E-state index contributed by atoms with van der Waals surface area (Å²) >= 11 is 0. The lowest BCUT2D eigenvalue weighted by molar-refractivity contribution is -0.117. The van der Waals surface area contributed by atoms with Crippen LogP contribution in [0.1, 0.15) is 18.2 Å². The van der Waals surface area contributed by atoms with Gasteiger partial charge in [-0.05, 0) is 36.4 Å². The van der Waals surface area contributed by atoms with Gasteiger partial charge in [0.15, 0.2) is 11.5 Å². The molecule has 1 atom stereocenters. The molecular weight excluding hydrogens is 362 g/mol. The molecule has 0 N–H and O–H groups in total. The molecule has 0 unspecified atom stereocenters. The molecule has 1 aromatic heterocycles. The Morgan fingerprint density at radius 1 is 1.11 bits per heavy atom. The van der Waals surface area contributed by atoms with Gasteiger partial charge in [-0.3, -0.25) is 4.79 Å². The number of hydrogen-bond donors (Lipinski definition) is 0. The summed E-state index contributed by atoms with van der Waals surface area (Å²) in [6, 6.07) is 12.9. The van der Waals surface area contributed by atoms with Gasteiger partial charge in [0.05, 0.1) is 13.0 Å². The van der Waals surface area contributed by atoms with Crippen LogP contribution in [-0.2, 0) is 4.79 Å². The highest BCUT2D eigenvalue weighted by Gasteiger charge is 2.35. The van der Waals surface area contributed by atoms with E-state index in [1.165, 1.54) is 0 Å². The Labute approximate surface area is 160 Å². The summed E-state index contributed by atoms with van der Waals surface area (Å²) in [4.78, 5) is 18.8. The Kier molecular flexibility index (Phi) is 3.89. The average Bonchev–Trinajstić information content (AvgIpc) is 3.46. The molecule has 0 aliphatic carbocycles. The average molecular weight is 379 g/mol. The van der Waals surface area contributed by atoms with E-state index in [1.54, 1.807) is 12.0 Å². The van der Waals surface area contributed by atoms with Gasteiger partial charge in [0.1, 0.15) is 5.75 Å². The lowest BCUT2D eigenvalue weighted by Crippen LogP contribution is -2.24. The van der Waals surface area contributed by atoms with E-state index < -0.39 is 0 Å². The first kappa shape index (κ1) is 16.6. The number of hydrogen-bond acceptors (Lipinski definition) is 7. The normalized spacial score (nSPS) is 18.0. The van der Waals surface area contributed by atoms with Gasteiger partial charge in [-0.15, -0.1) is 0 Å². The number of carbonyl (C=O) groups is 1. The van der Waals surface area contributed by atoms with Gasteiger partial charge in [0, 0.05) is 30.3 Å². The van der Waals surface area contributed by atoms with Crippen molar-refractivity contribution in [3.05, 3.63) is 48.4 Å². The summed E-state index contributed by atoms with van der Waals surface area (Å²) in [7, 11) is 1.62. The van der Waals surface area contributed by atoms with Gasteiger partial charge in [-0.25, -0.2) is 0 Å². The van der Waals surface area contributed by atoms with Gasteiger partial charge < -0.3 is 23.6 Å². The fourth-order valence-electron chi connectivity index (χ4n) is 3.43. The Morgan fingerprint density at radius 3 is 2.75 bits per heavy atom. The Morgan fingerprint density at radius 2 is 1.93 bits per heavy atom. The fraction of sp³-hybridized carbons (Fsp3) is 0.250. The molecule has 1 saturated heterocycles. The van der Waals surface area contributed by atoms with Crippen LogP contribution in [-0.4, -0.2) is 36.5 Å². The Balaban J connectivity index is 1.35. The summed E-state index contributed by atoms with van der Waals surface area (Å²) in [5, 5.41) is 4.06. The second-order valence-corrected chi connectivity index (χ2v) is 6.63. The summed E-state index contributed by atoms with van der Waals surface area (Å²) < 4.78 is 21.3. The minimum Gasteiger partial charge on any atom is -0.497 e. The molecule has 28 heavy (non-hydrogen) atoms. The van der Waals surface area contributed by atoms with E-state index in [9.17, 15) is 4.79 Å². The first-order valence-corrected chi connectivity index (χ1v) is 8.89. The number of benzene rings is 2. The number of nitrogens with zero attached hydrogens (tertiary/aromatic N) is 3. The van der Waals surface area contributed by atoms with E-state index in [0.717, 1.165) is 17.0 Å². The molecule has 0 saturated carbocycles. The third-order valence-corrected chi connectivity index (χ3v) is 4.93. The van der Waals surface area contributed by atoms with E-state index in [0.29, 0.717) is 36.2 Å². The SMILES string of the molecule is COc1ccc(-c2noc([C@@H]3CC(=O)N(c4ccc5c(c4)OCO5)C3)n2)cc1. The highest BCUT2D eigenvalue weighted by atomic mass is 16.7. The van der Waals surface area contributed by atoms with Crippen LogP contribution in [0.15, 0.2) is 47.0 Å². The first-order valence-electron chi connectivity index (χ1n) is 8.89. The van der Waals surface area contributed by atoms with Gasteiger partial charge in [0.25, 0.3) is 0 Å². The molecule has 1 fully saturated rings.